The third-order valence-electron chi connectivity index (χ3n) is 2.79. The minimum Gasteiger partial charge on any atom is -0.481 e. The summed E-state index contributed by atoms with van der Waals surface area (Å²) in [7, 11) is 1.57. The molecule has 21 heavy (non-hydrogen) atoms. The van der Waals surface area contributed by atoms with Gasteiger partial charge in [0.2, 0.25) is 5.91 Å². The fourth-order valence-corrected chi connectivity index (χ4v) is 2.98. The van der Waals surface area contributed by atoms with E-state index in [9.17, 15) is 14.4 Å². The Hall–Kier alpha value is -1.41. The van der Waals surface area contributed by atoms with Crippen molar-refractivity contribution >= 4 is 45.2 Å². The highest BCUT2D eigenvalue weighted by atomic mass is 79.9. The summed E-state index contributed by atoms with van der Waals surface area (Å²) in [6.07, 6.45) is -0.257. The van der Waals surface area contributed by atoms with Gasteiger partial charge in [-0.2, -0.15) is 0 Å². The first kappa shape index (κ1) is 17.6. The lowest BCUT2D eigenvalue weighted by atomic mass is 9.89. The van der Waals surface area contributed by atoms with E-state index in [1.165, 1.54) is 30.1 Å². The van der Waals surface area contributed by atoms with Gasteiger partial charge in [0.15, 0.2) is 0 Å². The van der Waals surface area contributed by atoms with Crippen LogP contribution in [0.2, 0.25) is 0 Å². The normalized spacial score (nSPS) is 11.0. The SMILES string of the molecule is CN(Cc1cc(Br)cs1)C(=O)NC(=O)CC(C)(C)C(=O)O. The number of carboxylic acid groups (broad SMARTS) is 1. The molecular formula is C13H17BrN2O4S. The number of thiophene rings is 1. The van der Waals surface area contributed by atoms with Crippen molar-refractivity contribution < 1.29 is 19.5 Å². The maximum absolute atomic E-state index is 11.9. The minimum atomic E-state index is -1.21. The summed E-state index contributed by atoms with van der Waals surface area (Å²) in [5, 5.41) is 13.1. The van der Waals surface area contributed by atoms with Gasteiger partial charge in [0, 0.05) is 28.2 Å². The summed E-state index contributed by atoms with van der Waals surface area (Å²) in [4.78, 5) is 36.8. The number of halogens is 1. The van der Waals surface area contributed by atoms with Gasteiger partial charge in [0.25, 0.3) is 0 Å². The smallest absolute Gasteiger partial charge is 0.324 e. The van der Waals surface area contributed by atoms with Gasteiger partial charge in [-0.25, -0.2) is 4.79 Å². The molecule has 0 aliphatic heterocycles. The highest BCUT2D eigenvalue weighted by Crippen LogP contribution is 2.21. The van der Waals surface area contributed by atoms with Gasteiger partial charge < -0.3 is 10.0 Å². The van der Waals surface area contributed by atoms with Crippen molar-refractivity contribution in [2.75, 3.05) is 7.05 Å². The van der Waals surface area contributed by atoms with Gasteiger partial charge in [-0.05, 0) is 35.8 Å². The van der Waals surface area contributed by atoms with Crippen molar-refractivity contribution in [2.45, 2.75) is 26.8 Å². The third kappa shape index (κ3) is 5.47. The Kier molecular flexibility index (Phi) is 5.91. The second kappa shape index (κ2) is 7.04. The summed E-state index contributed by atoms with van der Waals surface area (Å²) >= 11 is 4.82. The van der Waals surface area contributed by atoms with Crippen LogP contribution in [0.1, 0.15) is 25.1 Å². The number of urea groups is 1. The molecule has 0 bridgehead atoms. The minimum absolute atomic E-state index is 0.257. The van der Waals surface area contributed by atoms with E-state index in [2.05, 4.69) is 21.2 Å². The number of carbonyl (C=O) groups excluding carboxylic acids is 2. The van der Waals surface area contributed by atoms with Gasteiger partial charge in [-0.15, -0.1) is 11.3 Å². The maximum atomic E-state index is 11.9. The zero-order chi connectivity index (χ0) is 16.2. The zero-order valence-electron chi connectivity index (χ0n) is 12.0. The van der Waals surface area contributed by atoms with Crippen LogP contribution in [0.3, 0.4) is 0 Å². The first-order chi connectivity index (χ1) is 9.61. The molecule has 1 heterocycles. The lowest BCUT2D eigenvalue weighted by Crippen LogP contribution is -2.42. The Labute approximate surface area is 135 Å². The molecule has 0 aliphatic rings. The van der Waals surface area contributed by atoms with Crippen molar-refractivity contribution in [1.29, 1.82) is 0 Å². The molecular weight excluding hydrogens is 360 g/mol. The van der Waals surface area contributed by atoms with Crippen LogP contribution in [0.25, 0.3) is 0 Å². The Balaban J connectivity index is 2.52. The predicted molar refractivity (Wildman–Crippen MR) is 83.1 cm³/mol. The van der Waals surface area contributed by atoms with E-state index < -0.39 is 23.3 Å². The molecule has 0 saturated heterocycles. The Morgan fingerprint density at radius 3 is 2.52 bits per heavy atom. The summed E-state index contributed by atoms with van der Waals surface area (Å²) in [5.74, 6) is -1.69. The third-order valence-corrected chi connectivity index (χ3v) is 4.47. The number of nitrogens with one attached hydrogen (secondary N) is 1. The number of carbonyl (C=O) groups is 3. The largest absolute Gasteiger partial charge is 0.481 e. The van der Waals surface area contributed by atoms with Crippen LogP contribution in [-0.4, -0.2) is 35.0 Å². The Bertz CT molecular complexity index is 556. The second-order valence-electron chi connectivity index (χ2n) is 5.31. The van der Waals surface area contributed by atoms with E-state index in [0.717, 1.165) is 9.35 Å². The van der Waals surface area contributed by atoms with Crippen LogP contribution >= 0.6 is 27.3 Å². The summed E-state index contributed by atoms with van der Waals surface area (Å²) in [6.45, 7) is 3.25. The number of nitrogens with zero attached hydrogens (tertiary/aromatic N) is 1. The highest BCUT2D eigenvalue weighted by molar-refractivity contribution is 9.10. The quantitative estimate of drug-likeness (QED) is 0.826. The molecule has 3 amide bonds. The number of aliphatic carboxylic acids is 1. The number of imide groups is 1. The van der Waals surface area contributed by atoms with Crippen molar-refractivity contribution in [1.82, 2.24) is 10.2 Å². The summed E-state index contributed by atoms with van der Waals surface area (Å²) in [6, 6.07) is 1.34. The lowest BCUT2D eigenvalue weighted by Gasteiger charge is -2.20. The molecule has 1 rings (SSSR count). The van der Waals surface area contributed by atoms with Gasteiger partial charge >= 0.3 is 12.0 Å². The molecule has 2 N–H and O–H groups in total. The van der Waals surface area contributed by atoms with E-state index in [1.807, 2.05) is 11.4 Å². The standard InChI is InChI=1S/C13H17BrN2O4S/c1-13(2,11(18)19)5-10(17)15-12(20)16(3)6-9-4-8(14)7-21-9/h4,7H,5-6H2,1-3H3,(H,18,19)(H,15,17,20). The monoisotopic (exact) mass is 376 g/mol. The van der Waals surface area contributed by atoms with Crippen molar-refractivity contribution in [3.05, 3.63) is 20.8 Å². The summed E-state index contributed by atoms with van der Waals surface area (Å²) < 4.78 is 0.940. The zero-order valence-corrected chi connectivity index (χ0v) is 14.4. The molecule has 1 aromatic rings. The Morgan fingerprint density at radius 2 is 2.05 bits per heavy atom. The molecule has 0 aliphatic carbocycles. The van der Waals surface area contributed by atoms with E-state index in [0.29, 0.717) is 6.54 Å². The van der Waals surface area contributed by atoms with E-state index >= 15 is 0 Å². The van der Waals surface area contributed by atoms with Crippen molar-refractivity contribution in [3.8, 4) is 0 Å². The molecule has 8 heteroatoms. The first-order valence-electron chi connectivity index (χ1n) is 6.13. The molecule has 0 atom stereocenters. The fraction of sp³-hybridized carbons (Fsp3) is 0.462. The number of hydrogen-bond acceptors (Lipinski definition) is 4. The van der Waals surface area contributed by atoms with E-state index in [1.54, 1.807) is 7.05 Å². The number of amides is 3. The molecule has 0 spiro atoms. The first-order valence-corrected chi connectivity index (χ1v) is 7.80. The number of rotatable bonds is 5. The van der Waals surface area contributed by atoms with Gasteiger partial charge in [0.1, 0.15) is 0 Å². The maximum Gasteiger partial charge on any atom is 0.324 e. The highest BCUT2D eigenvalue weighted by Gasteiger charge is 2.31. The molecule has 6 nitrogen and oxygen atoms in total. The van der Waals surface area contributed by atoms with Crippen LogP contribution in [0, 0.1) is 5.41 Å². The summed E-state index contributed by atoms with van der Waals surface area (Å²) in [5.41, 5.74) is -1.21. The van der Waals surface area contributed by atoms with Crippen molar-refractivity contribution in [2.24, 2.45) is 5.41 Å². The number of hydrogen-bond donors (Lipinski definition) is 2. The lowest BCUT2D eigenvalue weighted by molar-refractivity contribution is -0.149. The molecule has 1 aromatic heterocycles. The molecule has 116 valence electrons. The molecule has 0 saturated carbocycles. The average Bonchev–Trinajstić information content (AvgIpc) is 2.73. The molecule has 0 aromatic carbocycles. The molecule has 0 radical (unpaired) electrons. The van der Waals surface area contributed by atoms with Crippen LogP contribution in [0.5, 0.6) is 0 Å². The van der Waals surface area contributed by atoms with Crippen LogP contribution in [0.15, 0.2) is 15.9 Å². The second-order valence-corrected chi connectivity index (χ2v) is 7.22. The fourth-order valence-electron chi connectivity index (χ4n) is 1.48. The van der Waals surface area contributed by atoms with Gasteiger partial charge in [-0.1, -0.05) is 0 Å². The Morgan fingerprint density at radius 1 is 1.43 bits per heavy atom. The molecule has 0 fully saturated rings. The number of carboxylic acids is 1. The van der Waals surface area contributed by atoms with Crippen LogP contribution in [-0.2, 0) is 16.1 Å². The van der Waals surface area contributed by atoms with E-state index in [-0.39, 0.29) is 6.42 Å². The van der Waals surface area contributed by atoms with Gasteiger partial charge in [-0.3, -0.25) is 14.9 Å². The average molecular weight is 377 g/mol. The predicted octanol–water partition coefficient (Wildman–Crippen LogP) is 2.68. The van der Waals surface area contributed by atoms with Crippen LogP contribution < -0.4 is 5.32 Å². The van der Waals surface area contributed by atoms with Crippen molar-refractivity contribution in [3.63, 3.8) is 0 Å². The topological polar surface area (TPSA) is 86.7 Å². The van der Waals surface area contributed by atoms with Gasteiger partial charge in [0.05, 0.1) is 12.0 Å². The van der Waals surface area contributed by atoms with Crippen LogP contribution in [0.4, 0.5) is 4.79 Å². The molecule has 0 unspecified atom stereocenters. The van der Waals surface area contributed by atoms with E-state index in [4.69, 9.17) is 5.11 Å².